The molecule has 0 aromatic heterocycles. The lowest BCUT2D eigenvalue weighted by Crippen LogP contribution is -2.10. The Morgan fingerprint density at radius 1 is 1.67 bits per heavy atom. The van der Waals surface area contributed by atoms with Crippen LogP contribution >= 0.6 is 11.8 Å². The van der Waals surface area contributed by atoms with Gasteiger partial charge in [-0.25, -0.2) is 0 Å². The molecule has 1 aliphatic rings. The van der Waals surface area contributed by atoms with E-state index in [4.69, 9.17) is 0 Å². The summed E-state index contributed by atoms with van der Waals surface area (Å²) in [5.74, 6) is 0.673. The molecule has 1 nitrogen and oxygen atoms in total. The van der Waals surface area contributed by atoms with Crippen molar-refractivity contribution in [2.75, 3.05) is 25.5 Å². The molecule has 0 aliphatic carbocycles. The summed E-state index contributed by atoms with van der Waals surface area (Å²) in [6, 6.07) is 0. The summed E-state index contributed by atoms with van der Waals surface area (Å²) in [4.78, 5) is 0. The minimum absolute atomic E-state index is 0.179. The van der Waals surface area contributed by atoms with E-state index >= 15 is 0 Å². The highest BCUT2D eigenvalue weighted by atomic mass is 32.2. The molecule has 1 heterocycles. The van der Waals surface area contributed by atoms with Gasteiger partial charge in [-0.15, -0.1) is 0 Å². The van der Waals surface area contributed by atoms with Crippen LogP contribution in [0.1, 0.15) is 6.42 Å². The predicted molar refractivity (Wildman–Crippen MR) is 39.7 cm³/mol. The fourth-order valence-corrected chi connectivity index (χ4v) is 1.92. The van der Waals surface area contributed by atoms with Gasteiger partial charge in [0.2, 0.25) is 0 Å². The molecule has 1 aliphatic heterocycles. The maximum absolute atomic E-state index is 11.6. The molecular weight excluding hydrogens is 137 g/mol. The van der Waals surface area contributed by atoms with E-state index < -0.39 is 0 Å². The van der Waals surface area contributed by atoms with Gasteiger partial charge in [-0.05, 0) is 13.0 Å². The van der Waals surface area contributed by atoms with Gasteiger partial charge in [0.05, 0.1) is 6.67 Å². The third kappa shape index (κ3) is 2.54. The molecule has 1 fully saturated rings. The maximum Gasteiger partial charge on any atom is 0.0984 e. The van der Waals surface area contributed by atoms with Crippen LogP contribution in [0.25, 0.3) is 0 Å². The Labute approximate surface area is 59.4 Å². The van der Waals surface area contributed by atoms with Crippen molar-refractivity contribution in [1.29, 1.82) is 0 Å². The van der Waals surface area contributed by atoms with Crippen molar-refractivity contribution in [2.24, 2.45) is 0 Å². The molecule has 54 valence electrons. The first kappa shape index (κ1) is 7.35. The average Bonchev–Trinajstić information content (AvgIpc) is 2.34. The third-order valence-corrected chi connectivity index (χ3v) is 2.71. The molecule has 1 unspecified atom stereocenters. The van der Waals surface area contributed by atoms with Crippen LogP contribution in [0.5, 0.6) is 0 Å². The number of hydrogen-bond acceptors (Lipinski definition) is 2. The molecule has 3 heteroatoms. The molecule has 0 saturated carbocycles. The van der Waals surface area contributed by atoms with Crippen molar-refractivity contribution in [3.63, 3.8) is 0 Å². The molecule has 0 amide bonds. The summed E-state index contributed by atoms with van der Waals surface area (Å²) in [5, 5.41) is 3.92. The first-order chi connectivity index (χ1) is 4.43. The number of nitrogens with one attached hydrogen (secondary N) is 1. The second-order valence-corrected chi connectivity index (χ2v) is 3.58. The van der Waals surface area contributed by atoms with Crippen LogP contribution in [0.2, 0.25) is 0 Å². The van der Waals surface area contributed by atoms with Crippen LogP contribution in [0.3, 0.4) is 0 Å². The maximum atomic E-state index is 11.6. The first-order valence-corrected chi connectivity index (χ1v) is 4.36. The Morgan fingerprint density at radius 2 is 2.56 bits per heavy atom. The molecule has 1 N–H and O–H groups in total. The molecule has 0 bridgehead atoms. The zero-order valence-corrected chi connectivity index (χ0v) is 6.22. The third-order valence-electron chi connectivity index (χ3n) is 1.45. The Kier molecular flexibility index (Phi) is 3.36. The lowest BCUT2D eigenvalue weighted by Gasteiger charge is -2.03. The van der Waals surface area contributed by atoms with E-state index in [0.717, 1.165) is 13.1 Å². The summed E-state index contributed by atoms with van der Waals surface area (Å²) >= 11 is 1.75. The van der Waals surface area contributed by atoms with Crippen LogP contribution < -0.4 is 5.32 Å². The molecule has 9 heavy (non-hydrogen) atoms. The van der Waals surface area contributed by atoms with Crippen molar-refractivity contribution in [1.82, 2.24) is 5.32 Å². The topological polar surface area (TPSA) is 12.0 Å². The highest BCUT2D eigenvalue weighted by Gasteiger charge is 2.13. The number of rotatable bonds is 3. The smallest absolute Gasteiger partial charge is 0.0984 e. The van der Waals surface area contributed by atoms with Gasteiger partial charge in [0.25, 0.3) is 0 Å². The summed E-state index contributed by atoms with van der Waals surface area (Å²) in [6.07, 6.45) is 1.21. The zero-order valence-electron chi connectivity index (χ0n) is 5.40. The number of thioether (sulfide) groups is 1. The molecular formula is C6H12FNS. The lowest BCUT2D eigenvalue weighted by atomic mass is 10.4. The average molecular weight is 149 g/mol. The minimum atomic E-state index is -0.179. The SMILES string of the molecule is FCCSC1CCNC1. The molecule has 1 saturated heterocycles. The quantitative estimate of drug-likeness (QED) is 0.643. The highest BCUT2D eigenvalue weighted by molar-refractivity contribution is 7.99. The highest BCUT2D eigenvalue weighted by Crippen LogP contribution is 2.16. The van der Waals surface area contributed by atoms with Gasteiger partial charge in [-0.3, -0.25) is 4.39 Å². The Morgan fingerprint density at radius 3 is 3.11 bits per heavy atom. The predicted octanol–water partition coefficient (Wildman–Crippen LogP) is 1.05. The summed E-state index contributed by atoms with van der Waals surface area (Å²) < 4.78 is 11.6. The van der Waals surface area contributed by atoms with E-state index in [0.29, 0.717) is 11.0 Å². The minimum Gasteiger partial charge on any atom is -0.316 e. The van der Waals surface area contributed by atoms with Crippen molar-refractivity contribution >= 4 is 11.8 Å². The summed E-state index contributed by atoms with van der Waals surface area (Å²) in [6.45, 7) is 2.01. The van der Waals surface area contributed by atoms with Gasteiger partial charge >= 0.3 is 0 Å². The van der Waals surface area contributed by atoms with Crippen molar-refractivity contribution in [3.8, 4) is 0 Å². The molecule has 1 atom stereocenters. The van der Waals surface area contributed by atoms with Crippen LogP contribution in [0.15, 0.2) is 0 Å². The van der Waals surface area contributed by atoms with E-state index in [1.54, 1.807) is 11.8 Å². The number of halogens is 1. The van der Waals surface area contributed by atoms with Gasteiger partial charge in [0.1, 0.15) is 0 Å². The van der Waals surface area contributed by atoms with E-state index in [1.807, 2.05) is 0 Å². The second-order valence-electron chi connectivity index (χ2n) is 2.17. The normalized spacial score (nSPS) is 27.0. The summed E-state index contributed by atoms with van der Waals surface area (Å²) in [7, 11) is 0. The summed E-state index contributed by atoms with van der Waals surface area (Å²) in [5.41, 5.74) is 0. The molecule has 0 radical (unpaired) electrons. The second kappa shape index (κ2) is 4.12. The van der Waals surface area contributed by atoms with Crippen LogP contribution in [-0.2, 0) is 0 Å². The fourth-order valence-electron chi connectivity index (χ4n) is 0.982. The Bertz CT molecular complexity index is 73.5. The molecule has 0 aromatic carbocycles. The van der Waals surface area contributed by atoms with Crippen molar-refractivity contribution < 1.29 is 4.39 Å². The standard InChI is InChI=1S/C6H12FNS/c7-2-4-9-6-1-3-8-5-6/h6,8H,1-5H2. The van der Waals surface area contributed by atoms with E-state index in [2.05, 4.69) is 5.32 Å². The van der Waals surface area contributed by atoms with E-state index in [1.165, 1.54) is 6.42 Å². The fraction of sp³-hybridized carbons (Fsp3) is 1.00. The van der Waals surface area contributed by atoms with Gasteiger partial charge < -0.3 is 5.32 Å². The largest absolute Gasteiger partial charge is 0.316 e. The Hall–Kier alpha value is 0.240. The van der Waals surface area contributed by atoms with Crippen molar-refractivity contribution in [3.05, 3.63) is 0 Å². The lowest BCUT2D eigenvalue weighted by molar-refractivity contribution is 0.532. The van der Waals surface area contributed by atoms with Gasteiger partial charge in [0.15, 0.2) is 0 Å². The number of alkyl halides is 1. The first-order valence-electron chi connectivity index (χ1n) is 3.32. The van der Waals surface area contributed by atoms with E-state index in [-0.39, 0.29) is 6.67 Å². The van der Waals surface area contributed by atoms with Gasteiger partial charge in [0, 0.05) is 17.5 Å². The monoisotopic (exact) mass is 149 g/mol. The molecule has 0 spiro atoms. The van der Waals surface area contributed by atoms with Crippen LogP contribution in [0.4, 0.5) is 4.39 Å². The van der Waals surface area contributed by atoms with Gasteiger partial charge in [-0.1, -0.05) is 0 Å². The van der Waals surface area contributed by atoms with Crippen LogP contribution in [-0.4, -0.2) is 30.8 Å². The number of hydrogen-bond donors (Lipinski definition) is 1. The Balaban J connectivity index is 1.98. The van der Waals surface area contributed by atoms with Crippen molar-refractivity contribution in [2.45, 2.75) is 11.7 Å². The zero-order chi connectivity index (χ0) is 6.53. The van der Waals surface area contributed by atoms with Crippen LogP contribution in [0, 0.1) is 0 Å². The van der Waals surface area contributed by atoms with E-state index in [9.17, 15) is 4.39 Å². The molecule has 0 aromatic rings. The van der Waals surface area contributed by atoms with Gasteiger partial charge in [-0.2, -0.15) is 11.8 Å². The molecule has 1 rings (SSSR count).